The van der Waals surface area contributed by atoms with Crippen LogP contribution in [0.2, 0.25) is 0 Å². The van der Waals surface area contributed by atoms with Crippen LogP contribution in [-0.4, -0.2) is 54.3 Å². The van der Waals surface area contributed by atoms with Crippen molar-refractivity contribution in [3.05, 3.63) is 27.1 Å². The number of ether oxygens (including phenoxy) is 1. The van der Waals surface area contributed by atoms with Crippen molar-refractivity contribution < 1.29 is 19.3 Å². The van der Waals surface area contributed by atoms with Gasteiger partial charge in [0.05, 0.1) is 12.9 Å². The first-order valence-electron chi connectivity index (χ1n) is 6.33. The van der Waals surface area contributed by atoms with Gasteiger partial charge in [-0.2, -0.15) is 4.98 Å². The average Bonchev–Trinajstić information content (AvgIpc) is 3.03. The van der Waals surface area contributed by atoms with Crippen LogP contribution in [0.25, 0.3) is 21.6 Å². The minimum Gasteiger partial charge on any atom is -0.393 e. The molecule has 0 radical (unpaired) electrons. The highest BCUT2D eigenvalue weighted by molar-refractivity contribution is 5.70. The molecule has 0 amide bonds. The summed E-state index contributed by atoms with van der Waals surface area (Å²) in [6.45, 7) is -0.947. The predicted octanol–water partition coefficient (Wildman–Crippen LogP) is -1.07. The van der Waals surface area contributed by atoms with E-state index < -0.39 is 36.4 Å². The number of aromatic amines is 1. The summed E-state index contributed by atoms with van der Waals surface area (Å²) in [6.07, 6.45) is -4.46. The van der Waals surface area contributed by atoms with E-state index in [9.17, 15) is 19.4 Å². The van der Waals surface area contributed by atoms with E-state index in [1.54, 1.807) is 0 Å². The molecule has 0 aromatic carbocycles. The molecule has 23 heavy (non-hydrogen) atoms. The number of halogens is 1. The maximum atomic E-state index is 14.4. The van der Waals surface area contributed by atoms with E-state index in [4.69, 9.17) is 16.0 Å². The zero-order valence-corrected chi connectivity index (χ0v) is 11.4. The van der Waals surface area contributed by atoms with Crippen LogP contribution in [0, 0.1) is 0 Å². The SMILES string of the molecule is [N-]=[N+]=N[C@]1(CO)OC(n2cnc3c(=O)[nH]c(N)nc32)[C@H](F)[C@@H]1O. The summed E-state index contributed by atoms with van der Waals surface area (Å²) in [7, 11) is 0. The predicted molar refractivity (Wildman–Crippen MR) is 72.5 cm³/mol. The molecule has 4 atom stereocenters. The summed E-state index contributed by atoms with van der Waals surface area (Å²) >= 11 is 0. The van der Waals surface area contributed by atoms with Gasteiger partial charge in [0.1, 0.15) is 6.10 Å². The molecule has 0 bridgehead atoms. The number of nitrogen functional groups attached to an aromatic ring is 1. The number of hydrogen-bond acceptors (Lipinski definition) is 8. The molecule has 3 rings (SSSR count). The Kier molecular flexibility index (Phi) is 3.41. The molecule has 2 aromatic heterocycles. The number of aliphatic hydroxyl groups is 2. The van der Waals surface area contributed by atoms with Crippen molar-refractivity contribution in [2.24, 2.45) is 5.11 Å². The highest BCUT2D eigenvalue weighted by Crippen LogP contribution is 2.40. The molecule has 0 saturated carbocycles. The number of imidazole rings is 1. The fraction of sp³-hybridized carbons (Fsp3) is 0.500. The quantitative estimate of drug-likeness (QED) is 0.313. The van der Waals surface area contributed by atoms with E-state index in [-0.39, 0.29) is 17.1 Å². The zero-order chi connectivity index (χ0) is 16.8. The maximum absolute atomic E-state index is 14.4. The standard InChI is InChI=1S/C10H11FN8O4/c11-3-5(21)10(1-20,17-18-13)23-8(3)19-2-14-4-6(19)15-9(12)16-7(4)22/h2-3,5,8,20-21H,1H2,(H3,12,15,16,22)/t3-,5+,8?,10-/m1/s1. The topological polar surface area (TPSA) is 188 Å². The van der Waals surface area contributed by atoms with Crippen molar-refractivity contribution in [3.8, 4) is 0 Å². The van der Waals surface area contributed by atoms with Gasteiger partial charge in [0.15, 0.2) is 23.6 Å². The second-order valence-electron chi connectivity index (χ2n) is 4.87. The maximum Gasteiger partial charge on any atom is 0.280 e. The van der Waals surface area contributed by atoms with Crippen molar-refractivity contribution in [2.45, 2.75) is 24.2 Å². The molecular formula is C10H11FN8O4. The molecule has 1 aliphatic heterocycles. The third-order valence-corrected chi connectivity index (χ3v) is 3.53. The number of anilines is 1. The Morgan fingerprint density at radius 1 is 1.70 bits per heavy atom. The van der Waals surface area contributed by atoms with Gasteiger partial charge in [0.25, 0.3) is 5.56 Å². The van der Waals surface area contributed by atoms with E-state index >= 15 is 0 Å². The Morgan fingerprint density at radius 2 is 2.43 bits per heavy atom. The van der Waals surface area contributed by atoms with Crippen LogP contribution in [0.5, 0.6) is 0 Å². The van der Waals surface area contributed by atoms with Crippen LogP contribution < -0.4 is 11.3 Å². The first-order valence-corrected chi connectivity index (χ1v) is 6.33. The number of hydrogen-bond donors (Lipinski definition) is 4. The summed E-state index contributed by atoms with van der Waals surface area (Å²) < 4.78 is 20.7. The molecule has 1 unspecified atom stereocenters. The zero-order valence-electron chi connectivity index (χ0n) is 11.4. The molecule has 3 heterocycles. The average molecular weight is 326 g/mol. The normalized spacial score (nSPS) is 30.5. The largest absolute Gasteiger partial charge is 0.393 e. The smallest absolute Gasteiger partial charge is 0.280 e. The Balaban J connectivity index is 2.13. The molecule has 1 saturated heterocycles. The van der Waals surface area contributed by atoms with Crippen molar-refractivity contribution in [1.82, 2.24) is 19.5 Å². The van der Waals surface area contributed by atoms with E-state index in [1.807, 2.05) is 0 Å². The van der Waals surface area contributed by atoms with E-state index in [0.717, 1.165) is 10.9 Å². The van der Waals surface area contributed by atoms with Crippen LogP contribution >= 0.6 is 0 Å². The van der Waals surface area contributed by atoms with E-state index in [1.165, 1.54) is 0 Å². The molecule has 1 aliphatic rings. The van der Waals surface area contributed by atoms with Crippen LogP contribution in [-0.2, 0) is 4.74 Å². The van der Waals surface area contributed by atoms with Gasteiger partial charge in [-0.25, -0.2) is 9.37 Å². The Morgan fingerprint density at radius 3 is 3.09 bits per heavy atom. The summed E-state index contributed by atoms with van der Waals surface area (Å²) in [5.74, 6) is -0.221. The van der Waals surface area contributed by atoms with E-state index in [0.29, 0.717) is 0 Å². The molecule has 12 nitrogen and oxygen atoms in total. The number of azide groups is 1. The molecular weight excluding hydrogens is 315 g/mol. The van der Waals surface area contributed by atoms with E-state index in [2.05, 4.69) is 25.0 Å². The molecule has 5 N–H and O–H groups in total. The van der Waals surface area contributed by atoms with Crippen molar-refractivity contribution >= 4 is 17.1 Å². The number of aliphatic hydroxyl groups excluding tert-OH is 2. The third-order valence-electron chi connectivity index (χ3n) is 3.53. The van der Waals surface area contributed by atoms with Gasteiger partial charge in [0, 0.05) is 4.91 Å². The lowest BCUT2D eigenvalue weighted by Crippen LogP contribution is -2.43. The lowest BCUT2D eigenvalue weighted by atomic mass is 10.1. The second kappa shape index (κ2) is 5.17. The van der Waals surface area contributed by atoms with Gasteiger partial charge in [-0.05, 0) is 5.53 Å². The van der Waals surface area contributed by atoms with Gasteiger partial charge in [-0.15, -0.1) is 0 Å². The van der Waals surface area contributed by atoms with Gasteiger partial charge in [0.2, 0.25) is 11.7 Å². The number of nitrogens with one attached hydrogen (secondary N) is 1. The highest BCUT2D eigenvalue weighted by Gasteiger charge is 2.56. The van der Waals surface area contributed by atoms with Gasteiger partial charge >= 0.3 is 0 Å². The van der Waals surface area contributed by atoms with Gasteiger partial charge in [-0.3, -0.25) is 14.3 Å². The van der Waals surface area contributed by atoms with Crippen LogP contribution in [0.15, 0.2) is 16.2 Å². The highest BCUT2D eigenvalue weighted by atomic mass is 19.1. The summed E-state index contributed by atoms with van der Waals surface area (Å²) in [5, 5.41) is 22.4. The number of rotatable bonds is 3. The molecule has 1 fully saturated rings. The lowest BCUT2D eigenvalue weighted by Gasteiger charge is -2.23. The van der Waals surface area contributed by atoms with Crippen LogP contribution in [0.4, 0.5) is 10.3 Å². The molecule has 0 aliphatic carbocycles. The number of nitrogens with two attached hydrogens (primary N) is 1. The molecule has 2 aromatic rings. The lowest BCUT2D eigenvalue weighted by molar-refractivity contribution is -0.122. The first-order chi connectivity index (χ1) is 10.9. The Labute approximate surface area is 126 Å². The van der Waals surface area contributed by atoms with Crippen LogP contribution in [0.3, 0.4) is 0 Å². The molecule has 0 spiro atoms. The monoisotopic (exact) mass is 326 g/mol. The minimum absolute atomic E-state index is 0.0826. The third kappa shape index (κ3) is 2.10. The summed E-state index contributed by atoms with van der Waals surface area (Å²) in [5.41, 5.74) is 10.9. The second-order valence-corrected chi connectivity index (χ2v) is 4.87. The number of alkyl halides is 1. The van der Waals surface area contributed by atoms with Crippen molar-refractivity contribution in [2.75, 3.05) is 12.3 Å². The fourth-order valence-corrected chi connectivity index (χ4v) is 2.41. The number of nitrogens with zero attached hydrogens (tertiary/aromatic N) is 6. The molecule has 122 valence electrons. The van der Waals surface area contributed by atoms with Crippen molar-refractivity contribution in [1.29, 1.82) is 0 Å². The Hall–Kier alpha value is -2.73. The fourth-order valence-electron chi connectivity index (χ4n) is 2.41. The van der Waals surface area contributed by atoms with Crippen molar-refractivity contribution in [3.63, 3.8) is 0 Å². The number of fused-ring (bicyclic) bond motifs is 1. The van der Waals surface area contributed by atoms with Crippen LogP contribution in [0.1, 0.15) is 6.23 Å². The minimum atomic E-state index is -2.19. The first kappa shape index (κ1) is 15.2. The van der Waals surface area contributed by atoms with Gasteiger partial charge < -0.3 is 20.7 Å². The van der Waals surface area contributed by atoms with Gasteiger partial charge in [-0.1, -0.05) is 5.11 Å². The number of H-pyrrole nitrogens is 1. The summed E-state index contributed by atoms with van der Waals surface area (Å²) in [6, 6.07) is 0. The summed E-state index contributed by atoms with van der Waals surface area (Å²) in [4.78, 5) is 24.0. The number of aromatic nitrogens is 4. The molecule has 13 heteroatoms. The Bertz CT molecular complexity index is 860.